The summed E-state index contributed by atoms with van der Waals surface area (Å²) in [4.78, 5) is 49.1. The van der Waals surface area contributed by atoms with Gasteiger partial charge in [-0.05, 0) is 6.92 Å². The standard InChI is InChI=1S/C20H19FN8O5S3/c1-2-34-25-12(15-24-20(22)37-26-15)16(30)23-13-17(31)29-14(19(32)33)9(6-36-18(13)29)4-27-5-11-28(8-27)10(3-21)7-35-11/h5,7-8,13,18H,2-4,6H2,1H3,(H3-,22,23,24,26,30,32,33)/p+1/b25-12-/t13-,18-/m1/s1. The smallest absolute Gasteiger partial charge is 0.352 e. The van der Waals surface area contributed by atoms with E-state index < -0.39 is 35.9 Å². The third-order valence-electron chi connectivity index (χ3n) is 5.60. The lowest BCUT2D eigenvalue weighted by molar-refractivity contribution is -0.687. The van der Waals surface area contributed by atoms with Crippen molar-refractivity contribution in [3.05, 3.63) is 40.7 Å². The van der Waals surface area contributed by atoms with Crippen LogP contribution in [-0.2, 0) is 32.4 Å². The summed E-state index contributed by atoms with van der Waals surface area (Å²) >= 11 is 3.59. The number of aliphatic carboxylic acids is 1. The largest absolute Gasteiger partial charge is 0.477 e. The Balaban J connectivity index is 1.35. The number of hydrogen-bond acceptors (Lipinski definition) is 11. The summed E-state index contributed by atoms with van der Waals surface area (Å²) in [5.74, 6) is -2.28. The minimum atomic E-state index is -1.25. The molecule has 2 aliphatic rings. The van der Waals surface area contributed by atoms with E-state index in [4.69, 9.17) is 10.6 Å². The third-order valence-corrected chi connectivity index (χ3v) is 8.42. The summed E-state index contributed by atoms with van der Waals surface area (Å²) in [6.07, 6.45) is 3.50. The van der Waals surface area contributed by atoms with Gasteiger partial charge in [0.25, 0.3) is 11.8 Å². The molecule has 2 atom stereocenters. The van der Waals surface area contributed by atoms with Crippen LogP contribution >= 0.6 is 34.6 Å². The normalized spacial score (nSPS) is 19.7. The highest BCUT2D eigenvalue weighted by Crippen LogP contribution is 2.40. The number of β-lactam (4-membered cyclic amide) rings is 1. The Morgan fingerprint density at radius 1 is 1.46 bits per heavy atom. The maximum atomic E-state index is 13.2. The number of aromatic nitrogens is 4. The van der Waals surface area contributed by atoms with Crippen molar-refractivity contribution in [3.63, 3.8) is 0 Å². The lowest BCUT2D eigenvalue weighted by atomic mass is 10.0. The first-order valence-corrected chi connectivity index (χ1v) is 13.6. The number of amides is 2. The number of imidazole rings is 1. The second-order valence-corrected chi connectivity index (χ2v) is 10.7. The van der Waals surface area contributed by atoms with Gasteiger partial charge in [0.15, 0.2) is 17.5 Å². The molecule has 194 valence electrons. The number of nitrogens with one attached hydrogen (secondary N) is 1. The van der Waals surface area contributed by atoms with Gasteiger partial charge in [-0.1, -0.05) is 16.5 Å². The minimum absolute atomic E-state index is 0.0396. The molecule has 4 N–H and O–H groups in total. The number of carboxylic acid groups (broad SMARTS) is 1. The lowest BCUT2D eigenvalue weighted by Gasteiger charge is -2.49. The highest BCUT2D eigenvalue weighted by Gasteiger charge is 2.54. The molecule has 17 heteroatoms. The van der Waals surface area contributed by atoms with Gasteiger partial charge in [0.2, 0.25) is 22.7 Å². The van der Waals surface area contributed by atoms with Gasteiger partial charge in [-0.25, -0.2) is 13.8 Å². The van der Waals surface area contributed by atoms with Crippen molar-refractivity contribution in [1.29, 1.82) is 0 Å². The number of oxime groups is 1. The Labute approximate surface area is 220 Å². The van der Waals surface area contributed by atoms with Crippen molar-refractivity contribution < 1.29 is 33.3 Å². The molecular weight excluding hydrogens is 547 g/mol. The van der Waals surface area contributed by atoms with Crippen LogP contribution in [0, 0.1) is 0 Å². The maximum absolute atomic E-state index is 13.2. The van der Waals surface area contributed by atoms with E-state index in [1.54, 1.807) is 33.8 Å². The molecule has 0 aromatic carbocycles. The van der Waals surface area contributed by atoms with Gasteiger partial charge in [-0.3, -0.25) is 14.5 Å². The topological polar surface area (TPSA) is 168 Å². The molecule has 0 unspecified atom stereocenters. The Morgan fingerprint density at radius 3 is 2.95 bits per heavy atom. The highest BCUT2D eigenvalue weighted by molar-refractivity contribution is 8.00. The molecule has 2 aliphatic heterocycles. The number of nitrogen functional groups attached to an aromatic ring is 1. The average Bonchev–Trinajstić information content (AvgIpc) is 3.58. The SMILES string of the molecule is CCO/N=C(\C(=O)N[C@@H]1C(=O)N2C(C(=O)O)=C(C[n+]3cc4scc(CF)n4c3)CS[C@H]12)c1nsc(N)n1. The van der Waals surface area contributed by atoms with E-state index in [0.717, 1.165) is 16.4 Å². The van der Waals surface area contributed by atoms with Crippen molar-refractivity contribution in [3.8, 4) is 0 Å². The molecule has 0 radical (unpaired) electrons. The summed E-state index contributed by atoms with van der Waals surface area (Å²) in [5.41, 5.74) is 6.28. The number of nitrogens with zero attached hydrogens (tertiary/aromatic N) is 6. The molecule has 0 aliphatic carbocycles. The quantitative estimate of drug-likeness (QED) is 0.143. The van der Waals surface area contributed by atoms with Crippen LogP contribution in [0.25, 0.3) is 4.83 Å². The molecule has 0 bridgehead atoms. The second-order valence-electron chi connectivity index (χ2n) is 7.92. The second kappa shape index (κ2) is 10.1. The highest BCUT2D eigenvalue weighted by atomic mass is 32.2. The van der Waals surface area contributed by atoms with Gasteiger partial charge in [-0.2, -0.15) is 13.8 Å². The molecule has 0 saturated carbocycles. The lowest BCUT2D eigenvalue weighted by Crippen LogP contribution is -2.71. The number of hydrogen-bond donors (Lipinski definition) is 3. The number of carboxylic acids is 1. The van der Waals surface area contributed by atoms with Crippen molar-refractivity contribution in [2.24, 2.45) is 5.16 Å². The van der Waals surface area contributed by atoms with Crippen LogP contribution in [0.1, 0.15) is 18.4 Å². The van der Waals surface area contributed by atoms with Crippen LogP contribution < -0.4 is 15.6 Å². The summed E-state index contributed by atoms with van der Waals surface area (Å²) in [6.45, 7) is 1.46. The van der Waals surface area contributed by atoms with E-state index in [9.17, 15) is 23.9 Å². The first kappa shape index (κ1) is 25.1. The maximum Gasteiger partial charge on any atom is 0.352 e. The number of carbonyl (C=O) groups is 3. The summed E-state index contributed by atoms with van der Waals surface area (Å²) < 4.78 is 20.6. The van der Waals surface area contributed by atoms with Crippen LogP contribution in [0.3, 0.4) is 0 Å². The van der Waals surface area contributed by atoms with Crippen molar-refractivity contribution >= 4 is 68.1 Å². The van der Waals surface area contributed by atoms with Gasteiger partial charge in [0.1, 0.15) is 36.5 Å². The van der Waals surface area contributed by atoms with Gasteiger partial charge >= 0.3 is 5.97 Å². The van der Waals surface area contributed by atoms with Gasteiger partial charge in [0.05, 0.1) is 0 Å². The molecule has 13 nitrogen and oxygen atoms in total. The first-order chi connectivity index (χ1) is 17.8. The van der Waals surface area contributed by atoms with E-state index in [0.29, 0.717) is 17.0 Å². The van der Waals surface area contributed by atoms with E-state index >= 15 is 0 Å². The molecule has 3 aromatic heterocycles. The van der Waals surface area contributed by atoms with Crippen LogP contribution in [0.15, 0.2) is 34.3 Å². The number of nitrogens with two attached hydrogens (primary N) is 1. The Kier molecular flexibility index (Phi) is 6.82. The van der Waals surface area contributed by atoms with Crippen molar-refractivity contribution in [2.75, 3.05) is 18.1 Å². The van der Waals surface area contributed by atoms with E-state index in [-0.39, 0.29) is 35.5 Å². The zero-order valence-corrected chi connectivity index (χ0v) is 21.6. The summed E-state index contributed by atoms with van der Waals surface area (Å²) in [5, 5.41) is 17.5. The minimum Gasteiger partial charge on any atom is -0.477 e. The van der Waals surface area contributed by atoms with Crippen LogP contribution in [0.5, 0.6) is 0 Å². The van der Waals surface area contributed by atoms with Crippen LogP contribution in [0.4, 0.5) is 9.52 Å². The molecule has 5 rings (SSSR count). The Bertz CT molecular complexity index is 1460. The van der Waals surface area contributed by atoms with E-state index in [1.165, 1.54) is 28.0 Å². The number of anilines is 1. The number of rotatable bonds is 9. The fourth-order valence-corrected chi connectivity index (χ4v) is 6.67. The fraction of sp³-hybridized carbons (Fsp3) is 0.350. The molecule has 1 fully saturated rings. The van der Waals surface area contributed by atoms with Crippen molar-refractivity contribution in [1.82, 2.24) is 24.0 Å². The number of thiazole rings is 1. The number of alkyl halides is 1. The summed E-state index contributed by atoms with van der Waals surface area (Å²) in [7, 11) is 0. The van der Waals surface area contributed by atoms with Crippen LogP contribution in [0.2, 0.25) is 0 Å². The fourth-order valence-electron chi connectivity index (χ4n) is 3.99. The molecule has 1 saturated heterocycles. The first-order valence-electron chi connectivity index (χ1n) is 10.9. The van der Waals surface area contributed by atoms with E-state index in [2.05, 4.69) is 19.8 Å². The number of thioether (sulfide) groups is 1. The third kappa shape index (κ3) is 4.53. The number of halogens is 1. The molecular formula is C20H20FN8O5S3+. The predicted octanol–water partition coefficient (Wildman–Crippen LogP) is 0.371. The Morgan fingerprint density at radius 2 is 2.27 bits per heavy atom. The molecule has 2 amide bonds. The number of fused-ring (bicyclic) bond motifs is 2. The average molecular weight is 568 g/mol. The molecule has 3 aromatic rings. The Hall–Kier alpha value is -3.57. The van der Waals surface area contributed by atoms with E-state index in [1.807, 2.05) is 0 Å². The van der Waals surface area contributed by atoms with Crippen LogP contribution in [-0.4, -0.2) is 71.0 Å². The van der Waals surface area contributed by atoms with Crippen molar-refractivity contribution in [2.45, 2.75) is 31.6 Å². The van der Waals surface area contributed by atoms with Gasteiger partial charge in [0, 0.05) is 28.2 Å². The zero-order valence-electron chi connectivity index (χ0n) is 19.2. The zero-order chi connectivity index (χ0) is 26.3. The molecule has 5 heterocycles. The molecule has 37 heavy (non-hydrogen) atoms. The van der Waals surface area contributed by atoms with Gasteiger partial charge in [-0.15, -0.1) is 11.8 Å². The monoisotopic (exact) mass is 567 g/mol. The van der Waals surface area contributed by atoms with Gasteiger partial charge < -0.3 is 21.0 Å². The summed E-state index contributed by atoms with van der Waals surface area (Å²) in [6, 6.07) is -0.976. The number of carbonyl (C=O) groups excluding carboxylic acids is 2. The predicted molar refractivity (Wildman–Crippen MR) is 132 cm³/mol. The molecule has 0 spiro atoms.